The number of hydrogen-bond acceptors (Lipinski definition) is 2. The van der Waals surface area contributed by atoms with E-state index in [2.05, 4.69) is 5.10 Å². The SMILES string of the molecule is C/C(=C\C(=N)Cl)c1nn(C)cc1Cc1cccc(Cl)c1. The molecule has 3 nitrogen and oxygen atoms in total. The number of aryl methyl sites for hydroxylation is 1. The fourth-order valence-corrected chi connectivity index (χ4v) is 2.50. The molecule has 2 rings (SSSR count). The van der Waals surface area contributed by atoms with Crippen LogP contribution in [-0.2, 0) is 13.5 Å². The quantitative estimate of drug-likeness (QED) is 0.841. The lowest BCUT2D eigenvalue weighted by atomic mass is 10.0. The Kier molecular flexibility index (Phi) is 4.63. The molecule has 0 fully saturated rings. The maximum absolute atomic E-state index is 7.34. The highest BCUT2D eigenvalue weighted by Gasteiger charge is 2.10. The molecule has 0 aliphatic heterocycles. The first-order valence-electron chi connectivity index (χ1n) is 6.15. The van der Waals surface area contributed by atoms with Crippen LogP contribution in [0, 0.1) is 5.41 Å². The maximum Gasteiger partial charge on any atom is 0.121 e. The van der Waals surface area contributed by atoms with Crippen LogP contribution in [0.1, 0.15) is 23.7 Å². The number of halogens is 2. The van der Waals surface area contributed by atoms with E-state index in [0.717, 1.165) is 33.8 Å². The number of rotatable bonds is 4. The molecule has 1 heterocycles. The molecule has 1 N–H and O–H groups in total. The van der Waals surface area contributed by atoms with Gasteiger partial charge in [0.15, 0.2) is 0 Å². The molecule has 0 bridgehead atoms. The van der Waals surface area contributed by atoms with Gasteiger partial charge in [0.2, 0.25) is 0 Å². The normalized spacial score (nSPS) is 11.7. The number of aromatic nitrogens is 2. The predicted molar refractivity (Wildman–Crippen MR) is 84.7 cm³/mol. The van der Waals surface area contributed by atoms with Crippen molar-refractivity contribution >= 4 is 33.9 Å². The summed E-state index contributed by atoms with van der Waals surface area (Å²) >= 11 is 11.6. The molecule has 0 saturated carbocycles. The fourth-order valence-electron chi connectivity index (χ4n) is 2.12. The second kappa shape index (κ2) is 6.25. The zero-order valence-corrected chi connectivity index (χ0v) is 12.8. The van der Waals surface area contributed by atoms with Crippen molar-refractivity contribution in [2.24, 2.45) is 7.05 Å². The third-order valence-electron chi connectivity index (χ3n) is 2.90. The van der Waals surface area contributed by atoms with E-state index in [0.29, 0.717) is 0 Å². The molecule has 0 aliphatic carbocycles. The Morgan fingerprint density at radius 1 is 1.45 bits per heavy atom. The molecule has 0 unspecified atom stereocenters. The number of benzene rings is 1. The number of nitrogens with zero attached hydrogens (tertiary/aromatic N) is 2. The topological polar surface area (TPSA) is 41.7 Å². The largest absolute Gasteiger partial charge is 0.289 e. The summed E-state index contributed by atoms with van der Waals surface area (Å²) in [6.07, 6.45) is 4.32. The van der Waals surface area contributed by atoms with Gasteiger partial charge in [0, 0.05) is 30.3 Å². The standard InChI is InChI=1S/C15H15Cl2N3/c1-10(6-14(17)18)15-12(9-20(2)19-15)7-11-4-3-5-13(16)8-11/h3-6,8-9,18H,7H2,1-2H3/b10-6+,18-14?. The van der Waals surface area contributed by atoms with E-state index in [1.165, 1.54) is 0 Å². The number of nitrogens with one attached hydrogen (secondary N) is 1. The van der Waals surface area contributed by atoms with E-state index in [1.54, 1.807) is 10.8 Å². The van der Waals surface area contributed by atoms with Gasteiger partial charge in [-0.1, -0.05) is 35.3 Å². The molecular formula is C15H15Cl2N3. The summed E-state index contributed by atoms with van der Waals surface area (Å²) in [5, 5.41) is 12.5. The van der Waals surface area contributed by atoms with Crippen LogP contribution in [0.3, 0.4) is 0 Å². The van der Waals surface area contributed by atoms with Crippen molar-refractivity contribution in [2.75, 3.05) is 0 Å². The van der Waals surface area contributed by atoms with Crippen LogP contribution < -0.4 is 0 Å². The van der Waals surface area contributed by atoms with E-state index >= 15 is 0 Å². The second-order valence-electron chi connectivity index (χ2n) is 4.66. The molecule has 0 atom stereocenters. The summed E-state index contributed by atoms with van der Waals surface area (Å²) in [5.41, 5.74) is 3.95. The molecule has 1 aromatic heterocycles. The Hall–Kier alpha value is -1.58. The molecule has 20 heavy (non-hydrogen) atoms. The molecule has 104 valence electrons. The Morgan fingerprint density at radius 3 is 2.85 bits per heavy atom. The lowest BCUT2D eigenvalue weighted by molar-refractivity contribution is 0.762. The first kappa shape index (κ1) is 14.8. The predicted octanol–water partition coefficient (Wildman–Crippen LogP) is 4.28. The molecule has 5 heteroatoms. The van der Waals surface area contributed by atoms with E-state index in [1.807, 2.05) is 44.4 Å². The van der Waals surface area contributed by atoms with Crippen molar-refractivity contribution in [3.05, 3.63) is 58.4 Å². The van der Waals surface area contributed by atoms with Gasteiger partial charge in [-0.3, -0.25) is 10.1 Å². The zero-order valence-electron chi connectivity index (χ0n) is 11.3. The number of allylic oxidation sites excluding steroid dienone is 2. The summed E-state index contributed by atoms with van der Waals surface area (Å²) < 4.78 is 1.77. The Morgan fingerprint density at radius 2 is 2.20 bits per heavy atom. The lowest BCUT2D eigenvalue weighted by Gasteiger charge is -2.03. The third-order valence-corrected chi connectivity index (χ3v) is 3.25. The van der Waals surface area contributed by atoms with Crippen molar-refractivity contribution in [1.29, 1.82) is 5.41 Å². The van der Waals surface area contributed by atoms with Crippen LogP contribution in [-0.4, -0.2) is 15.0 Å². The van der Waals surface area contributed by atoms with Gasteiger partial charge >= 0.3 is 0 Å². The van der Waals surface area contributed by atoms with Crippen LogP contribution in [0.2, 0.25) is 5.02 Å². The van der Waals surface area contributed by atoms with Gasteiger partial charge in [-0.25, -0.2) is 0 Å². The first-order valence-corrected chi connectivity index (χ1v) is 6.91. The van der Waals surface area contributed by atoms with Crippen LogP contribution in [0.15, 0.2) is 36.5 Å². The summed E-state index contributed by atoms with van der Waals surface area (Å²) in [6.45, 7) is 1.90. The van der Waals surface area contributed by atoms with E-state index in [4.69, 9.17) is 28.6 Å². The van der Waals surface area contributed by atoms with Gasteiger partial charge in [-0.05, 0) is 36.3 Å². The van der Waals surface area contributed by atoms with Crippen molar-refractivity contribution in [1.82, 2.24) is 9.78 Å². The minimum atomic E-state index is 0.00172. The van der Waals surface area contributed by atoms with Gasteiger partial charge in [-0.2, -0.15) is 5.10 Å². The van der Waals surface area contributed by atoms with Gasteiger partial charge in [0.05, 0.1) is 5.69 Å². The monoisotopic (exact) mass is 307 g/mol. The van der Waals surface area contributed by atoms with Gasteiger partial charge in [0.1, 0.15) is 5.17 Å². The van der Waals surface area contributed by atoms with Gasteiger partial charge in [-0.15, -0.1) is 0 Å². The van der Waals surface area contributed by atoms with Crippen LogP contribution >= 0.6 is 23.2 Å². The summed E-state index contributed by atoms with van der Waals surface area (Å²) in [5.74, 6) is 0. The molecule has 0 amide bonds. The van der Waals surface area contributed by atoms with E-state index in [9.17, 15) is 0 Å². The third kappa shape index (κ3) is 3.71. The summed E-state index contributed by atoms with van der Waals surface area (Å²) in [4.78, 5) is 0. The lowest BCUT2D eigenvalue weighted by Crippen LogP contribution is -1.93. The molecule has 2 aromatic rings. The highest BCUT2D eigenvalue weighted by Crippen LogP contribution is 2.21. The van der Waals surface area contributed by atoms with Crippen LogP contribution in [0.4, 0.5) is 0 Å². The fraction of sp³-hybridized carbons (Fsp3) is 0.200. The minimum absolute atomic E-state index is 0.00172. The molecule has 1 aromatic carbocycles. The molecule has 0 saturated heterocycles. The van der Waals surface area contributed by atoms with Crippen LogP contribution in [0.5, 0.6) is 0 Å². The minimum Gasteiger partial charge on any atom is -0.289 e. The molecular weight excluding hydrogens is 293 g/mol. The van der Waals surface area contributed by atoms with Crippen LogP contribution in [0.25, 0.3) is 5.57 Å². The average Bonchev–Trinajstić information content (AvgIpc) is 2.69. The van der Waals surface area contributed by atoms with Crippen molar-refractivity contribution < 1.29 is 0 Å². The Labute approximate surface area is 128 Å². The highest BCUT2D eigenvalue weighted by atomic mass is 35.5. The van der Waals surface area contributed by atoms with E-state index in [-0.39, 0.29) is 5.17 Å². The Bertz CT molecular complexity index is 672. The molecule has 0 aliphatic rings. The smallest absolute Gasteiger partial charge is 0.121 e. The van der Waals surface area contributed by atoms with Gasteiger partial charge in [0.25, 0.3) is 0 Å². The first-order chi connectivity index (χ1) is 9.45. The summed E-state index contributed by atoms with van der Waals surface area (Å²) in [7, 11) is 1.88. The molecule has 0 radical (unpaired) electrons. The molecule has 0 spiro atoms. The van der Waals surface area contributed by atoms with Gasteiger partial charge < -0.3 is 0 Å². The number of hydrogen-bond donors (Lipinski definition) is 1. The van der Waals surface area contributed by atoms with Crippen molar-refractivity contribution in [2.45, 2.75) is 13.3 Å². The maximum atomic E-state index is 7.34. The second-order valence-corrected chi connectivity index (χ2v) is 5.50. The summed E-state index contributed by atoms with van der Waals surface area (Å²) in [6, 6.07) is 7.77. The Balaban J connectivity index is 2.35. The highest BCUT2D eigenvalue weighted by molar-refractivity contribution is 6.68. The average molecular weight is 308 g/mol. The van der Waals surface area contributed by atoms with Crippen molar-refractivity contribution in [3.63, 3.8) is 0 Å². The van der Waals surface area contributed by atoms with E-state index < -0.39 is 0 Å². The zero-order chi connectivity index (χ0) is 14.7. The van der Waals surface area contributed by atoms with Crippen molar-refractivity contribution in [3.8, 4) is 0 Å².